The lowest BCUT2D eigenvalue weighted by molar-refractivity contribution is 0.0563. The fraction of sp³-hybridized carbons (Fsp3) is 0.600. The van der Waals surface area contributed by atoms with Crippen LogP contribution in [0.4, 0.5) is 0 Å². The van der Waals surface area contributed by atoms with E-state index in [2.05, 4.69) is 4.74 Å². The quantitative estimate of drug-likeness (QED) is 0.602. The van der Waals surface area contributed by atoms with Crippen molar-refractivity contribution in [1.82, 2.24) is 0 Å². The summed E-state index contributed by atoms with van der Waals surface area (Å²) in [4.78, 5) is 23.2. The van der Waals surface area contributed by atoms with Gasteiger partial charge in [0.2, 0.25) is 5.76 Å². The van der Waals surface area contributed by atoms with Crippen molar-refractivity contribution in [1.29, 1.82) is 0 Å². The molecule has 0 saturated heterocycles. The summed E-state index contributed by atoms with van der Waals surface area (Å²) in [6.07, 6.45) is 7.78. The highest BCUT2D eigenvalue weighted by Gasteiger charge is 2.19. The second-order valence-electron chi connectivity index (χ2n) is 5.12. The second-order valence-corrected chi connectivity index (χ2v) is 5.12. The number of furan rings is 1. The van der Waals surface area contributed by atoms with Gasteiger partial charge in [0.1, 0.15) is 0 Å². The number of esters is 1. The number of Topliss-reactive ketones (excluding diaryl/α,β-unsaturated/α-hetero) is 1. The van der Waals surface area contributed by atoms with Crippen molar-refractivity contribution >= 4 is 11.8 Å². The van der Waals surface area contributed by atoms with Gasteiger partial charge >= 0.3 is 5.97 Å². The molecule has 1 heterocycles. The summed E-state index contributed by atoms with van der Waals surface area (Å²) in [5.74, 6) is 0.444. The molecule has 4 heteroatoms. The first-order valence-corrected chi connectivity index (χ1v) is 6.92. The van der Waals surface area contributed by atoms with E-state index in [1.54, 1.807) is 6.07 Å². The van der Waals surface area contributed by atoms with Gasteiger partial charge in [0, 0.05) is 6.42 Å². The summed E-state index contributed by atoms with van der Waals surface area (Å²) < 4.78 is 9.75. The molecule has 1 saturated carbocycles. The molecule has 0 aliphatic heterocycles. The average molecular weight is 264 g/mol. The highest BCUT2D eigenvalue weighted by Crippen LogP contribution is 2.28. The lowest BCUT2D eigenvalue weighted by atomic mass is 9.85. The molecule has 1 fully saturated rings. The Hall–Kier alpha value is -1.58. The van der Waals surface area contributed by atoms with Crippen LogP contribution >= 0.6 is 0 Å². The molecule has 0 amide bonds. The van der Waals surface area contributed by atoms with Crippen molar-refractivity contribution < 1.29 is 18.7 Å². The molecule has 0 atom stereocenters. The molecular weight excluding hydrogens is 244 g/mol. The monoisotopic (exact) mass is 264 g/mol. The Morgan fingerprint density at radius 1 is 1.21 bits per heavy atom. The maximum Gasteiger partial charge on any atom is 0.373 e. The molecule has 19 heavy (non-hydrogen) atoms. The Labute approximate surface area is 113 Å². The Bertz CT molecular complexity index is 441. The van der Waals surface area contributed by atoms with Gasteiger partial charge in [-0.3, -0.25) is 4.79 Å². The minimum atomic E-state index is -0.550. The number of hydrogen-bond acceptors (Lipinski definition) is 4. The Balaban J connectivity index is 1.85. The Morgan fingerprint density at radius 2 is 1.89 bits per heavy atom. The number of carbonyl (C=O) groups excluding carboxylic acids is 2. The highest BCUT2D eigenvalue weighted by atomic mass is 16.5. The van der Waals surface area contributed by atoms with Gasteiger partial charge in [-0.15, -0.1) is 0 Å². The van der Waals surface area contributed by atoms with Crippen LogP contribution in [-0.2, 0) is 4.74 Å². The van der Waals surface area contributed by atoms with Gasteiger partial charge in [-0.05, 0) is 24.5 Å². The van der Waals surface area contributed by atoms with Crippen molar-refractivity contribution in [2.24, 2.45) is 5.92 Å². The van der Waals surface area contributed by atoms with E-state index in [9.17, 15) is 9.59 Å². The van der Waals surface area contributed by atoms with Crippen LogP contribution in [0.5, 0.6) is 0 Å². The molecule has 0 N–H and O–H groups in total. The zero-order chi connectivity index (χ0) is 13.7. The number of ketones is 1. The minimum Gasteiger partial charge on any atom is -0.463 e. The van der Waals surface area contributed by atoms with Gasteiger partial charge in [-0.1, -0.05) is 32.1 Å². The molecule has 1 aliphatic carbocycles. The van der Waals surface area contributed by atoms with E-state index in [1.165, 1.54) is 45.3 Å². The maximum atomic E-state index is 12.0. The largest absolute Gasteiger partial charge is 0.463 e. The van der Waals surface area contributed by atoms with E-state index in [0.717, 1.165) is 6.42 Å². The predicted octanol–water partition coefficient (Wildman–Crippen LogP) is 3.61. The number of rotatable bonds is 5. The molecule has 0 aromatic carbocycles. The number of carbonyl (C=O) groups is 2. The first-order chi connectivity index (χ1) is 9.20. The summed E-state index contributed by atoms with van der Waals surface area (Å²) in [7, 11) is 1.29. The van der Waals surface area contributed by atoms with Gasteiger partial charge in [0.15, 0.2) is 11.5 Å². The molecule has 1 aromatic rings. The smallest absolute Gasteiger partial charge is 0.373 e. The van der Waals surface area contributed by atoms with E-state index in [1.807, 2.05) is 0 Å². The third kappa shape index (κ3) is 3.69. The summed E-state index contributed by atoms with van der Waals surface area (Å²) in [5.41, 5.74) is 0. The molecule has 0 unspecified atom stereocenters. The van der Waals surface area contributed by atoms with E-state index in [0.29, 0.717) is 12.3 Å². The molecular formula is C15H20O4. The van der Waals surface area contributed by atoms with Gasteiger partial charge < -0.3 is 9.15 Å². The summed E-state index contributed by atoms with van der Waals surface area (Å²) in [5, 5.41) is 0. The standard InChI is InChI=1S/C15H20O4/c1-18-15(17)14-10-9-13(19-14)12(16)8-7-11-5-3-2-4-6-11/h9-11H,2-8H2,1H3. The van der Waals surface area contributed by atoms with Gasteiger partial charge in [0.25, 0.3) is 0 Å². The van der Waals surface area contributed by atoms with Crippen LogP contribution in [0.3, 0.4) is 0 Å². The Morgan fingerprint density at radius 3 is 2.58 bits per heavy atom. The number of methoxy groups -OCH3 is 1. The summed E-state index contributed by atoms with van der Waals surface area (Å²) in [6.45, 7) is 0. The van der Waals surface area contributed by atoms with E-state index in [-0.39, 0.29) is 17.3 Å². The topological polar surface area (TPSA) is 56.5 Å². The molecule has 2 rings (SSSR count). The number of ether oxygens (including phenoxy) is 1. The maximum absolute atomic E-state index is 12.0. The first-order valence-electron chi connectivity index (χ1n) is 6.92. The van der Waals surface area contributed by atoms with Crippen molar-refractivity contribution in [3.63, 3.8) is 0 Å². The number of hydrogen-bond donors (Lipinski definition) is 0. The normalized spacial score (nSPS) is 16.3. The van der Waals surface area contributed by atoms with E-state index in [4.69, 9.17) is 4.42 Å². The SMILES string of the molecule is COC(=O)c1ccc(C(=O)CCC2CCCCC2)o1. The predicted molar refractivity (Wildman–Crippen MR) is 70.2 cm³/mol. The van der Waals surface area contributed by atoms with Crippen LogP contribution in [0.15, 0.2) is 16.5 Å². The zero-order valence-corrected chi connectivity index (χ0v) is 11.3. The van der Waals surface area contributed by atoms with Crippen LogP contribution in [0, 0.1) is 5.92 Å². The fourth-order valence-electron chi connectivity index (χ4n) is 2.63. The van der Waals surface area contributed by atoms with Gasteiger partial charge in [-0.25, -0.2) is 4.79 Å². The lowest BCUT2D eigenvalue weighted by Crippen LogP contribution is -2.09. The van der Waals surface area contributed by atoms with Crippen molar-refractivity contribution in [2.45, 2.75) is 44.9 Å². The molecule has 0 spiro atoms. The van der Waals surface area contributed by atoms with Crippen LogP contribution in [0.1, 0.15) is 66.1 Å². The summed E-state index contributed by atoms with van der Waals surface area (Å²) >= 11 is 0. The van der Waals surface area contributed by atoms with E-state index < -0.39 is 5.97 Å². The highest BCUT2D eigenvalue weighted by molar-refractivity contribution is 5.95. The molecule has 104 valence electrons. The van der Waals surface area contributed by atoms with Crippen molar-refractivity contribution in [3.8, 4) is 0 Å². The average Bonchev–Trinajstić information content (AvgIpc) is 2.95. The summed E-state index contributed by atoms with van der Waals surface area (Å²) in [6, 6.07) is 3.04. The van der Waals surface area contributed by atoms with Crippen molar-refractivity contribution in [3.05, 3.63) is 23.7 Å². The molecule has 1 aromatic heterocycles. The van der Waals surface area contributed by atoms with E-state index >= 15 is 0 Å². The molecule has 0 radical (unpaired) electrons. The first kappa shape index (κ1) is 13.8. The molecule has 4 nitrogen and oxygen atoms in total. The van der Waals surface area contributed by atoms with Crippen LogP contribution in [-0.4, -0.2) is 18.9 Å². The minimum absolute atomic E-state index is 0.0271. The third-order valence-electron chi connectivity index (χ3n) is 3.77. The van der Waals surface area contributed by atoms with Crippen molar-refractivity contribution in [2.75, 3.05) is 7.11 Å². The van der Waals surface area contributed by atoms with Crippen LogP contribution in [0.25, 0.3) is 0 Å². The molecule has 0 bridgehead atoms. The fourth-order valence-corrected chi connectivity index (χ4v) is 2.63. The second kappa shape index (κ2) is 6.55. The zero-order valence-electron chi connectivity index (χ0n) is 11.3. The third-order valence-corrected chi connectivity index (χ3v) is 3.77. The van der Waals surface area contributed by atoms with Gasteiger partial charge in [0.05, 0.1) is 7.11 Å². The van der Waals surface area contributed by atoms with Gasteiger partial charge in [-0.2, -0.15) is 0 Å². The van der Waals surface area contributed by atoms with Crippen LogP contribution < -0.4 is 0 Å². The lowest BCUT2D eigenvalue weighted by Gasteiger charge is -2.20. The Kier molecular flexibility index (Phi) is 4.77. The molecule has 1 aliphatic rings. The van der Waals surface area contributed by atoms with Crippen LogP contribution in [0.2, 0.25) is 0 Å².